The third kappa shape index (κ3) is 3.60. The Morgan fingerprint density at radius 1 is 1.28 bits per heavy atom. The third-order valence-corrected chi connectivity index (χ3v) is 5.26. The van der Waals surface area contributed by atoms with E-state index in [-0.39, 0.29) is 24.5 Å². The molecule has 1 fully saturated rings. The molecule has 1 aliphatic rings. The Morgan fingerprint density at radius 2 is 2.00 bits per heavy atom. The summed E-state index contributed by atoms with van der Waals surface area (Å²) in [7, 11) is 0. The van der Waals surface area contributed by atoms with Gasteiger partial charge in [0, 0.05) is 17.6 Å². The van der Waals surface area contributed by atoms with Crippen molar-refractivity contribution in [2.24, 2.45) is 0 Å². The molecule has 1 amide bonds. The fraction of sp³-hybridized carbons (Fsp3) is 0.364. The molecular formula is C22H24N4O3. The number of carbonyl (C=O) groups excluding carboxylic acids is 1. The Kier molecular flexibility index (Phi) is 4.82. The molecule has 1 aromatic carbocycles. The minimum atomic E-state index is -1.01. The van der Waals surface area contributed by atoms with Gasteiger partial charge in [0.15, 0.2) is 5.65 Å². The van der Waals surface area contributed by atoms with Crippen molar-refractivity contribution in [2.45, 2.75) is 45.7 Å². The van der Waals surface area contributed by atoms with Crippen LogP contribution in [0.3, 0.4) is 0 Å². The fourth-order valence-electron chi connectivity index (χ4n) is 3.62. The van der Waals surface area contributed by atoms with Crippen LogP contribution in [-0.4, -0.2) is 49.2 Å². The first-order valence-electron chi connectivity index (χ1n) is 9.84. The maximum atomic E-state index is 13.4. The predicted octanol–water partition coefficient (Wildman–Crippen LogP) is 3.68. The molecule has 0 unspecified atom stereocenters. The second-order valence-corrected chi connectivity index (χ2v) is 7.85. The number of aliphatic carboxylic acids is 1. The quantitative estimate of drug-likeness (QED) is 0.691. The average Bonchev–Trinajstić information content (AvgIpc) is 3.43. The van der Waals surface area contributed by atoms with Crippen LogP contribution in [0.2, 0.25) is 0 Å². The molecule has 7 heteroatoms. The standard InChI is InChI=1S/C22H24N4O3/c1-13(2)26-21-18(11-23-26)17(22(29)25(12-20(27)28)15-8-9-15)10-19(24-21)16-7-5-4-6-14(16)3/h4-7,10-11,13,15H,8-9,12H2,1-3H3,(H,27,28). The second-order valence-electron chi connectivity index (χ2n) is 7.85. The summed E-state index contributed by atoms with van der Waals surface area (Å²) in [5, 5.41) is 14.4. The van der Waals surface area contributed by atoms with Gasteiger partial charge in [0.1, 0.15) is 6.54 Å². The lowest BCUT2D eigenvalue weighted by Gasteiger charge is -2.21. The SMILES string of the molecule is Cc1ccccc1-c1cc(C(=O)N(CC(=O)O)C2CC2)c2cnn(C(C)C)c2n1. The smallest absolute Gasteiger partial charge is 0.323 e. The summed E-state index contributed by atoms with van der Waals surface area (Å²) in [5.74, 6) is -1.28. The summed E-state index contributed by atoms with van der Waals surface area (Å²) in [4.78, 5) is 31.1. The van der Waals surface area contributed by atoms with E-state index < -0.39 is 5.97 Å². The van der Waals surface area contributed by atoms with Crippen molar-refractivity contribution < 1.29 is 14.7 Å². The van der Waals surface area contributed by atoms with Gasteiger partial charge in [-0.15, -0.1) is 0 Å². The second kappa shape index (κ2) is 7.31. The normalized spacial score (nSPS) is 13.8. The van der Waals surface area contributed by atoms with Gasteiger partial charge in [0.05, 0.1) is 22.8 Å². The van der Waals surface area contributed by atoms with Crippen molar-refractivity contribution in [1.29, 1.82) is 0 Å². The van der Waals surface area contributed by atoms with E-state index in [9.17, 15) is 14.7 Å². The zero-order chi connectivity index (χ0) is 20.7. The Labute approximate surface area is 169 Å². The van der Waals surface area contributed by atoms with Gasteiger partial charge >= 0.3 is 5.97 Å². The molecule has 29 heavy (non-hydrogen) atoms. The van der Waals surface area contributed by atoms with Crippen molar-refractivity contribution in [2.75, 3.05) is 6.54 Å². The number of carboxylic acids is 1. The average molecular weight is 392 g/mol. The number of nitrogens with zero attached hydrogens (tertiary/aromatic N) is 4. The number of pyridine rings is 1. The van der Waals surface area contributed by atoms with Crippen LogP contribution < -0.4 is 0 Å². The molecule has 150 valence electrons. The van der Waals surface area contributed by atoms with Gasteiger partial charge in [-0.25, -0.2) is 9.67 Å². The molecule has 7 nitrogen and oxygen atoms in total. The highest BCUT2D eigenvalue weighted by molar-refractivity contribution is 6.07. The number of aryl methyl sites for hydroxylation is 1. The minimum Gasteiger partial charge on any atom is -0.480 e. The number of carboxylic acid groups (broad SMARTS) is 1. The molecule has 3 aromatic rings. The highest BCUT2D eigenvalue weighted by atomic mass is 16.4. The van der Waals surface area contributed by atoms with Crippen molar-refractivity contribution in [3.63, 3.8) is 0 Å². The lowest BCUT2D eigenvalue weighted by molar-refractivity contribution is -0.137. The first-order valence-corrected chi connectivity index (χ1v) is 9.84. The number of hydrogen-bond donors (Lipinski definition) is 1. The Balaban J connectivity index is 1.91. The summed E-state index contributed by atoms with van der Waals surface area (Å²) >= 11 is 0. The molecule has 0 saturated heterocycles. The number of amides is 1. The van der Waals surface area contributed by atoms with Crippen molar-refractivity contribution in [3.05, 3.63) is 47.7 Å². The molecule has 0 atom stereocenters. The molecule has 1 aliphatic carbocycles. The number of benzene rings is 1. The predicted molar refractivity (Wildman–Crippen MR) is 110 cm³/mol. The Hall–Kier alpha value is -3.22. The molecule has 1 saturated carbocycles. The summed E-state index contributed by atoms with van der Waals surface area (Å²) in [5.41, 5.74) is 3.77. The van der Waals surface area contributed by atoms with Crippen LogP contribution in [0.5, 0.6) is 0 Å². The van der Waals surface area contributed by atoms with Crippen LogP contribution in [0.15, 0.2) is 36.5 Å². The molecule has 2 heterocycles. The first-order chi connectivity index (χ1) is 13.9. The van der Waals surface area contributed by atoms with Crippen molar-refractivity contribution in [1.82, 2.24) is 19.7 Å². The van der Waals surface area contributed by atoms with Gasteiger partial charge in [0.25, 0.3) is 5.91 Å². The number of hydrogen-bond acceptors (Lipinski definition) is 4. The van der Waals surface area contributed by atoms with Crippen LogP contribution in [0.1, 0.15) is 48.7 Å². The fourth-order valence-corrected chi connectivity index (χ4v) is 3.62. The summed E-state index contributed by atoms with van der Waals surface area (Å²) in [6, 6.07) is 9.72. The molecule has 2 aromatic heterocycles. The van der Waals surface area contributed by atoms with Gasteiger partial charge in [-0.2, -0.15) is 5.10 Å². The topological polar surface area (TPSA) is 88.3 Å². The maximum Gasteiger partial charge on any atom is 0.323 e. The summed E-state index contributed by atoms with van der Waals surface area (Å²) in [6.45, 7) is 5.72. The molecule has 0 aliphatic heterocycles. The van der Waals surface area contributed by atoms with Crippen LogP contribution in [-0.2, 0) is 4.79 Å². The Bertz CT molecular complexity index is 1100. The zero-order valence-electron chi connectivity index (χ0n) is 16.8. The number of aromatic nitrogens is 3. The van der Waals surface area contributed by atoms with Crippen LogP contribution in [0.4, 0.5) is 0 Å². The highest BCUT2D eigenvalue weighted by Crippen LogP contribution is 2.32. The van der Waals surface area contributed by atoms with Gasteiger partial charge in [0.2, 0.25) is 0 Å². The van der Waals surface area contributed by atoms with E-state index in [1.54, 1.807) is 16.9 Å². The van der Waals surface area contributed by atoms with E-state index in [0.29, 0.717) is 22.3 Å². The zero-order valence-corrected chi connectivity index (χ0v) is 16.8. The lowest BCUT2D eigenvalue weighted by atomic mass is 10.0. The third-order valence-electron chi connectivity index (χ3n) is 5.26. The Morgan fingerprint density at radius 3 is 2.62 bits per heavy atom. The molecule has 4 rings (SSSR count). The van der Waals surface area contributed by atoms with Gasteiger partial charge in [-0.1, -0.05) is 24.3 Å². The molecular weight excluding hydrogens is 368 g/mol. The van der Waals surface area contributed by atoms with E-state index in [1.165, 1.54) is 4.90 Å². The van der Waals surface area contributed by atoms with Gasteiger partial charge < -0.3 is 10.0 Å². The van der Waals surface area contributed by atoms with E-state index >= 15 is 0 Å². The number of fused-ring (bicyclic) bond motifs is 1. The number of carbonyl (C=O) groups is 2. The highest BCUT2D eigenvalue weighted by Gasteiger charge is 2.35. The van der Waals surface area contributed by atoms with Crippen molar-refractivity contribution >= 4 is 22.9 Å². The van der Waals surface area contributed by atoms with E-state index in [1.807, 2.05) is 45.0 Å². The first kappa shape index (κ1) is 19.1. The summed E-state index contributed by atoms with van der Waals surface area (Å²) in [6.07, 6.45) is 3.33. The van der Waals surface area contributed by atoms with Crippen LogP contribution in [0, 0.1) is 6.92 Å². The minimum absolute atomic E-state index is 0.0103. The lowest BCUT2D eigenvalue weighted by Crippen LogP contribution is -2.37. The van der Waals surface area contributed by atoms with E-state index in [4.69, 9.17) is 4.98 Å². The monoisotopic (exact) mass is 392 g/mol. The van der Waals surface area contributed by atoms with Gasteiger partial charge in [-0.05, 0) is 45.2 Å². The maximum absolute atomic E-state index is 13.4. The molecule has 0 spiro atoms. The van der Waals surface area contributed by atoms with Crippen molar-refractivity contribution in [3.8, 4) is 11.3 Å². The summed E-state index contributed by atoms with van der Waals surface area (Å²) < 4.78 is 1.80. The molecule has 0 bridgehead atoms. The van der Waals surface area contributed by atoms with E-state index in [0.717, 1.165) is 24.0 Å². The van der Waals surface area contributed by atoms with Crippen LogP contribution >= 0.6 is 0 Å². The molecule has 1 N–H and O–H groups in total. The number of rotatable bonds is 6. The van der Waals surface area contributed by atoms with Crippen LogP contribution in [0.25, 0.3) is 22.3 Å². The van der Waals surface area contributed by atoms with Gasteiger partial charge in [-0.3, -0.25) is 9.59 Å². The largest absolute Gasteiger partial charge is 0.480 e. The van der Waals surface area contributed by atoms with E-state index in [2.05, 4.69) is 5.10 Å². The molecule has 0 radical (unpaired) electrons.